The number of hydrogen-bond acceptors (Lipinski definition) is 2. The predicted octanol–water partition coefficient (Wildman–Crippen LogP) is 5.19. The molecule has 0 aliphatic heterocycles. The van der Waals surface area contributed by atoms with E-state index < -0.39 is 0 Å². The van der Waals surface area contributed by atoms with Crippen molar-refractivity contribution in [3.8, 4) is 0 Å². The minimum atomic E-state index is -0.320. The highest BCUT2D eigenvalue weighted by atomic mass is 16.3. The first kappa shape index (κ1) is 21.3. The minimum Gasteiger partial charge on any atom is -0.392 e. The van der Waals surface area contributed by atoms with E-state index in [2.05, 4.69) is 98.0 Å². The summed E-state index contributed by atoms with van der Waals surface area (Å²) >= 11 is 0. The van der Waals surface area contributed by atoms with E-state index in [9.17, 15) is 5.11 Å². The molecule has 0 aromatic heterocycles. The lowest BCUT2D eigenvalue weighted by molar-refractivity contribution is 0.165. The van der Waals surface area contributed by atoms with Crippen LogP contribution in [-0.2, 0) is 11.8 Å². The Morgan fingerprint density at radius 3 is 1.93 bits per heavy atom. The summed E-state index contributed by atoms with van der Waals surface area (Å²) in [6.07, 6.45) is 1.34. The summed E-state index contributed by atoms with van der Waals surface area (Å²) in [6.45, 7) is 7.70. The molecule has 3 aromatic rings. The molecular weight excluding hydrogens is 354 g/mol. The fourth-order valence-electron chi connectivity index (χ4n) is 4.06. The predicted molar refractivity (Wildman–Crippen MR) is 122 cm³/mol. The lowest BCUT2D eigenvalue weighted by Crippen LogP contribution is -2.43. The van der Waals surface area contributed by atoms with E-state index in [1.54, 1.807) is 0 Å². The second-order valence-electron chi connectivity index (χ2n) is 8.18. The van der Waals surface area contributed by atoms with Gasteiger partial charge in [-0.2, -0.15) is 0 Å². The van der Waals surface area contributed by atoms with Crippen LogP contribution in [0.25, 0.3) is 0 Å². The van der Waals surface area contributed by atoms with Crippen molar-refractivity contribution in [3.63, 3.8) is 0 Å². The van der Waals surface area contributed by atoms with Crippen molar-refractivity contribution in [2.75, 3.05) is 13.1 Å². The molecule has 0 bridgehead atoms. The fourth-order valence-corrected chi connectivity index (χ4v) is 4.06. The molecule has 0 unspecified atom stereocenters. The first-order valence-corrected chi connectivity index (χ1v) is 10.6. The second-order valence-corrected chi connectivity index (χ2v) is 8.18. The van der Waals surface area contributed by atoms with Crippen LogP contribution >= 0.6 is 0 Å². The van der Waals surface area contributed by atoms with Gasteiger partial charge >= 0.3 is 0 Å². The SMILES string of the molecule is CC[C@H](O)CNCC(Cc1ccccc1)(c1cccc(C)c1)c1cccc(C)c1. The van der Waals surface area contributed by atoms with Crippen molar-refractivity contribution in [3.05, 3.63) is 107 Å². The monoisotopic (exact) mass is 387 g/mol. The van der Waals surface area contributed by atoms with Gasteiger partial charge in [0.2, 0.25) is 0 Å². The third kappa shape index (κ3) is 5.35. The molecule has 3 aromatic carbocycles. The quantitative estimate of drug-likeness (QED) is 0.529. The van der Waals surface area contributed by atoms with E-state index in [0.717, 1.165) is 19.4 Å². The summed E-state index contributed by atoms with van der Waals surface area (Å²) < 4.78 is 0. The lowest BCUT2D eigenvalue weighted by Gasteiger charge is -2.37. The summed E-state index contributed by atoms with van der Waals surface area (Å²) in [6, 6.07) is 28.4. The Morgan fingerprint density at radius 1 is 0.828 bits per heavy atom. The lowest BCUT2D eigenvalue weighted by atomic mass is 9.69. The van der Waals surface area contributed by atoms with E-state index in [1.165, 1.54) is 27.8 Å². The molecule has 0 fully saturated rings. The average Bonchev–Trinajstić information content (AvgIpc) is 2.73. The molecule has 0 radical (unpaired) electrons. The molecule has 3 rings (SSSR count). The Balaban J connectivity index is 2.11. The third-order valence-electron chi connectivity index (χ3n) is 5.77. The summed E-state index contributed by atoms with van der Waals surface area (Å²) in [7, 11) is 0. The topological polar surface area (TPSA) is 32.3 Å². The highest BCUT2D eigenvalue weighted by molar-refractivity contribution is 5.45. The standard InChI is InChI=1S/C27H33NO/c1-4-26(29)19-28-20-27(18-23-12-6-5-7-13-23,24-14-8-10-21(2)16-24)25-15-9-11-22(3)17-25/h5-17,26,28-29H,4,18-20H2,1-3H3/t26-/m0/s1. The summed E-state index contributed by atoms with van der Waals surface area (Å²) in [5.74, 6) is 0. The molecule has 0 aliphatic rings. The molecule has 2 N–H and O–H groups in total. The highest BCUT2D eigenvalue weighted by Gasteiger charge is 2.34. The zero-order valence-electron chi connectivity index (χ0n) is 17.9. The smallest absolute Gasteiger partial charge is 0.0662 e. The number of benzene rings is 3. The zero-order valence-corrected chi connectivity index (χ0v) is 17.9. The first-order chi connectivity index (χ1) is 14.0. The van der Waals surface area contributed by atoms with Crippen LogP contribution in [-0.4, -0.2) is 24.3 Å². The first-order valence-electron chi connectivity index (χ1n) is 10.6. The van der Waals surface area contributed by atoms with Crippen LogP contribution in [0.3, 0.4) is 0 Å². The van der Waals surface area contributed by atoms with E-state index in [1.807, 2.05) is 6.92 Å². The van der Waals surface area contributed by atoms with Crippen LogP contribution in [0.2, 0.25) is 0 Å². The van der Waals surface area contributed by atoms with Gasteiger partial charge in [-0.15, -0.1) is 0 Å². The van der Waals surface area contributed by atoms with Gasteiger partial charge in [0.05, 0.1) is 6.10 Å². The molecule has 0 saturated heterocycles. The van der Waals surface area contributed by atoms with Crippen molar-refractivity contribution in [2.45, 2.75) is 45.1 Å². The molecule has 0 aliphatic carbocycles. The van der Waals surface area contributed by atoms with E-state index in [0.29, 0.717) is 6.54 Å². The largest absolute Gasteiger partial charge is 0.392 e. The Morgan fingerprint density at radius 2 is 1.41 bits per heavy atom. The van der Waals surface area contributed by atoms with Crippen molar-refractivity contribution in [1.29, 1.82) is 0 Å². The van der Waals surface area contributed by atoms with E-state index in [-0.39, 0.29) is 11.5 Å². The Kier molecular flexibility index (Phi) is 7.24. The van der Waals surface area contributed by atoms with Crippen molar-refractivity contribution in [2.24, 2.45) is 0 Å². The van der Waals surface area contributed by atoms with E-state index in [4.69, 9.17) is 0 Å². The number of aryl methyl sites for hydroxylation is 2. The van der Waals surface area contributed by atoms with E-state index >= 15 is 0 Å². The second kappa shape index (κ2) is 9.87. The Bertz CT molecular complexity index is 858. The average molecular weight is 388 g/mol. The zero-order chi connectivity index (χ0) is 20.7. The maximum absolute atomic E-state index is 10.1. The van der Waals surface area contributed by atoms with Crippen LogP contribution in [0.4, 0.5) is 0 Å². The maximum Gasteiger partial charge on any atom is 0.0662 e. The van der Waals surface area contributed by atoms with Gasteiger partial charge in [-0.3, -0.25) is 0 Å². The number of rotatable bonds is 9. The van der Waals surface area contributed by atoms with Gasteiger partial charge in [0.15, 0.2) is 0 Å². The van der Waals surface area contributed by atoms with Crippen molar-refractivity contribution < 1.29 is 5.11 Å². The van der Waals surface area contributed by atoms with Crippen LogP contribution < -0.4 is 5.32 Å². The molecule has 29 heavy (non-hydrogen) atoms. The molecule has 1 atom stereocenters. The van der Waals surface area contributed by atoms with Crippen LogP contribution in [0.1, 0.15) is 41.2 Å². The Hall–Kier alpha value is -2.42. The number of aliphatic hydroxyl groups is 1. The summed E-state index contributed by atoms with van der Waals surface area (Å²) in [5.41, 5.74) is 6.25. The molecule has 2 nitrogen and oxygen atoms in total. The van der Waals surface area contributed by atoms with Gasteiger partial charge < -0.3 is 10.4 Å². The van der Waals surface area contributed by atoms with Crippen molar-refractivity contribution in [1.82, 2.24) is 5.32 Å². The number of nitrogens with one attached hydrogen (secondary N) is 1. The number of hydrogen-bond donors (Lipinski definition) is 2. The summed E-state index contributed by atoms with van der Waals surface area (Å²) in [5, 5.41) is 13.7. The van der Waals surface area contributed by atoms with Gasteiger partial charge in [-0.25, -0.2) is 0 Å². The minimum absolute atomic E-state index is 0.215. The molecule has 2 heteroatoms. The summed E-state index contributed by atoms with van der Waals surface area (Å²) in [4.78, 5) is 0. The van der Waals surface area contributed by atoms with Gasteiger partial charge in [0.25, 0.3) is 0 Å². The molecule has 0 amide bonds. The van der Waals surface area contributed by atoms with Crippen LogP contribution in [0.15, 0.2) is 78.9 Å². The molecule has 0 saturated carbocycles. The molecule has 0 spiro atoms. The molecule has 0 heterocycles. The van der Waals surface area contributed by atoms with Gasteiger partial charge in [-0.1, -0.05) is 96.9 Å². The van der Waals surface area contributed by atoms with Crippen molar-refractivity contribution >= 4 is 0 Å². The van der Waals surface area contributed by atoms with Gasteiger partial charge in [-0.05, 0) is 43.4 Å². The Labute approximate surface area is 175 Å². The van der Waals surface area contributed by atoms with Gasteiger partial charge in [0, 0.05) is 18.5 Å². The maximum atomic E-state index is 10.1. The third-order valence-corrected chi connectivity index (χ3v) is 5.77. The fraction of sp³-hybridized carbons (Fsp3) is 0.333. The molecular formula is C27H33NO. The molecule has 152 valence electrons. The number of aliphatic hydroxyl groups excluding tert-OH is 1. The van der Waals surface area contributed by atoms with Crippen LogP contribution in [0.5, 0.6) is 0 Å². The normalized spacial score (nSPS) is 12.7. The highest BCUT2D eigenvalue weighted by Crippen LogP contribution is 2.36. The van der Waals surface area contributed by atoms with Gasteiger partial charge in [0.1, 0.15) is 0 Å². The van der Waals surface area contributed by atoms with Crippen LogP contribution in [0, 0.1) is 13.8 Å².